The summed E-state index contributed by atoms with van der Waals surface area (Å²) in [6, 6.07) is 6.22. The average Bonchev–Trinajstić information content (AvgIpc) is 3.21. The monoisotopic (exact) mass is 538 g/mol. The third-order valence-corrected chi connectivity index (χ3v) is 8.38. The Morgan fingerprint density at radius 2 is 1.85 bits per heavy atom. The average molecular weight is 539 g/mol. The minimum atomic E-state index is -0.469. The number of piperidine rings is 2. The van der Waals surface area contributed by atoms with Gasteiger partial charge in [-0.05, 0) is 51.5 Å². The molecular weight excluding hydrogens is 496 g/mol. The van der Waals surface area contributed by atoms with Crippen molar-refractivity contribution >= 4 is 34.5 Å². The van der Waals surface area contributed by atoms with Crippen LogP contribution in [-0.2, 0) is 21.4 Å². The molecule has 2 aromatic rings. The summed E-state index contributed by atoms with van der Waals surface area (Å²) in [6.07, 6.45) is 1.63. The molecule has 3 amide bonds. The number of rotatable bonds is 4. The maximum atomic E-state index is 12.6. The fraction of sp³-hybridized carbons (Fsp3) is 0.655. The molecule has 212 valence electrons. The SMILES string of the molecule is C[C@H]1CN(C(=O)OC(C)(C)C)CC[C@H]1CN1CCN(c2cccc3c(C4CCC(=O)NC4=O)nn(C)c23)CC1. The molecule has 0 bridgehead atoms. The lowest BCUT2D eigenvalue weighted by Crippen LogP contribution is -2.51. The topological polar surface area (TPSA) is 100 Å². The summed E-state index contributed by atoms with van der Waals surface area (Å²) >= 11 is 0. The van der Waals surface area contributed by atoms with E-state index in [-0.39, 0.29) is 17.9 Å². The minimum Gasteiger partial charge on any atom is -0.444 e. The second-order valence-corrected chi connectivity index (χ2v) is 12.4. The van der Waals surface area contributed by atoms with Crippen molar-refractivity contribution in [3.05, 3.63) is 23.9 Å². The van der Waals surface area contributed by atoms with Crippen LogP contribution < -0.4 is 10.2 Å². The highest BCUT2D eigenvalue weighted by Gasteiger charge is 2.34. The van der Waals surface area contributed by atoms with E-state index in [0.717, 1.165) is 74.5 Å². The van der Waals surface area contributed by atoms with Gasteiger partial charge in [-0.25, -0.2) is 4.79 Å². The number of likely N-dealkylation sites (tertiary alicyclic amines) is 1. The van der Waals surface area contributed by atoms with Gasteiger partial charge in [0.05, 0.1) is 22.8 Å². The van der Waals surface area contributed by atoms with Crippen LogP contribution in [0.3, 0.4) is 0 Å². The number of hydrogen-bond donors (Lipinski definition) is 1. The van der Waals surface area contributed by atoms with Crippen molar-refractivity contribution in [3.63, 3.8) is 0 Å². The Hall–Kier alpha value is -3.14. The highest BCUT2D eigenvalue weighted by Crippen LogP contribution is 2.35. The third kappa shape index (κ3) is 5.90. The van der Waals surface area contributed by atoms with E-state index in [0.29, 0.717) is 24.7 Å². The lowest BCUT2D eigenvalue weighted by molar-refractivity contribution is -0.134. The van der Waals surface area contributed by atoms with Gasteiger partial charge in [-0.15, -0.1) is 0 Å². The molecule has 3 aliphatic heterocycles. The van der Waals surface area contributed by atoms with Gasteiger partial charge in [0.15, 0.2) is 0 Å². The lowest BCUT2D eigenvalue weighted by Gasteiger charge is -2.42. The number of hydrogen-bond acceptors (Lipinski definition) is 7. The Morgan fingerprint density at radius 1 is 1.10 bits per heavy atom. The van der Waals surface area contributed by atoms with Crippen molar-refractivity contribution in [2.24, 2.45) is 18.9 Å². The van der Waals surface area contributed by atoms with Crippen LogP contribution in [0.4, 0.5) is 10.5 Å². The predicted octanol–water partition coefficient (Wildman–Crippen LogP) is 3.11. The number of benzene rings is 1. The van der Waals surface area contributed by atoms with E-state index < -0.39 is 11.5 Å². The quantitative estimate of drug-likeness (QED) is 0.597. The van der Waals surface area contributed by atoms with Crippen LogP contribution in [-0.4, -0.2) is 88.9 Å². The third-order valence-electron chi connectivity index (χ3n) is 8.38. The van der Waals surface area contributed by atoms with E-state index >= 15 is 0 Å². The number of piperazine rings is 1. The van der Waals surface area contributed by atoms with E-state index in [1.165, 1.54) is 0 Å². The number of carbonyl (C=O) groups excluding carboxylic acids is 3. The van der Waals surface area contributed by atoms with Gasteiger partial charge >= 0.3 is 6.09 Å². The first-order valence-corrected chi connectivity index (χ1v) is 14.2. The maximum Gasteiger partial charge on any atom is 0.410 e. The number of imide groups is 1. The summed E-state index contributed by atoms with van der Waals surface area (Å²) in [6.45, 7) is 14.3. The second-order valence-electron chi connectivity index (χ2n) is 12.4. The van der Waals surface area contributed by atoms with E-state index in [2.05, 4.69) is 28.1 Å². The van der Waals surface area contributed by atoms with Crippen molar-refractivity contribution in [2.45, 2.75) is 58.5 Å². The van der Waals surface area contributed by atoms with Crippen molar-refractivity contribution in [3.8, 4) is 0 Å². The summed E-state index contributed by atoms with van der Waals surface area (Å²) in [5, 5.41) is 8.21. The molecule has 1 aromatic carbocycles. The van der Waals surface area contributed by atoms with Gasteiger partial charge in [0.2, 0.25) is 11.8 Å². The van der Waals surface area contributed by atoms with Crippen LogP contribution in [0.1, 0.15) is 58.6 Å². The summed E-state index contributed by atoms with van der Waals surface area (Å²) < 4.78 is 7.47. The minimum absolute atomic E-state index is 0.202. The zero-order chi connectivity index (χ0) is 27.9. The number of anilines is 1. The van der Waals surface area contributed by atoms with Gasteiger partial charge in [0.25, 0.3) is 0 Å². The van der Waals surface area contributed by atoms with Gasteiger partial charge < -0.3 is 14.5 Å². The largest absolute Gasteiger partial charge is 0.444 e. The van der Waals surface area contributed by atoms with Crippen LogP contribution in [0.15, 0.2) is 18.2 Å². The van der Waals surface area contributed by atoms with Crippen molar-refractivity contribution in [1.29, 1.82) is 0 Å². The molecule has 5 rings (SSSR count). The van der Waals surface area contributed by atoms with E-state index in [9.17, 15) is 14.4 Å². The maximum absolute atomic E-state index is 12.6. The first kappa shape index (κ1) is 27.4. The Labute approximate surface area is 230 Å². The molecule has 0 spiro atoms. The van der Waals surface area contributed by atoms with Gasteiger partial charge in [-0.2, -0.15) is 5.10 Å². The zero-order valence-electron chi connectivity index (χ0n) is 23.9. The van der Waals surface area contributed by atoms with Crippen molar-refractivity contribution in [2.75, 3.05) is 50.7 Å². The van der Waals surface area contributed by atoms with Crippen LogP contribution in [0.25, 0.3) is 10.9 Å². The van der Waals surface area contributed by atoms with Gasteiger partial charge in [-0.3, -0.25) is 24.5 Å². The molecule has 0 saturated carbocycles. The molecule has 39 heavy (non-hydrogen) atoms. The molecule has 3 fully saturated rings. The van der Waals surface area contributed by atoms with Crippen LogP contribution in [0.5, 0.6) is 0 Å². The number of nitrogens with zero attached hydrogens (tertiary/aromatic N) is 5. The van der Waals surface area contributed by atoms with Crippen LogP contribution >= 0.6 is 0 Å². The number of fused-ring (bicyclic) bond motifs is 1. The predicted molar refractivity (Wildman–Crippen MR) is 150 cm³/mol. The molecule has 0 aliphatic carbocycles. The van der Waals surface area contributed by atoms with Crippen LogP contribution in [0.2, 0.25) is 0 Å². The standard InChI is InChI=1S/C29H42N6O4/c1-19-17-35(28(38)39-29(2,3)4)12-11-20(19)18-33-13-15-34(16-14-33)23-8-6-7-21-25(31-32(5)26(21)23)22-9-10-24(36)30-27(22)37/h6-8,19-20,22H,9-18H2,1-5H3,(H,30,36,37)/t19-,20-,22?/m0/s1. The molecule has 1 aromatic heterocycles. The van der Waals surface area contributed by atoms with E-state index in [1.807, 2.05) is 49.5 Å². The van der Waals surface area contributed by atoms with Gasteiger partial charge in [-0.1, -0.05) is 19.1 Å². The molecule has 3 atom stereocenters. The Kier molecular flexibility index (Phi) is 7.59. The van der Waals surface area contributed by atoms with Gasteiger partial charge in [0, 0.05) is 64.7 Å². The Bertz CT molecular complexity index is 1240. The summed E-state index contributed by atoms with van der Waals surface area (Å²) in [4.78, 5) is 43.5. The Morgan fingerprint density at radius 3 is 2.51 bits per heavy atom. The molecule has 4 heterocycles. The molecular formula is C29H42N6O4. The number of amides is 3. The number of para-hydroxylation sites is 1. The molecule has 3 aliphatic rings. The highest BCUT2D eigenvalue weighted by atomic mass is 16.6. The zero-order valence-corrected chi connectivity index (χ0v) is 23.9. The van der Waals surface area contributed by atoms with Crippen LogP contribution in [0, 0.1) is 11.8 Å². The molecule has 10 nitrogen and oxygen atoms in total. The fourth-order valence-corrected chi connectivity index (χ4v) is 6.27. The number of carbonyl (C=O) groups is 3. The normalized spacial score (nSPS) is 25.2. The molecule has 1 unspecified atom stereocenters. The van der Waals surface area contributed by atoms with Gasteiger partial charge in [0.1, 0.15) is 5.60 Å². The second kappa shape index (κ2) is 10.8. The smallest absolute Gasteiger partial charge is 0.410 e. The number of aryl methyl sites for hydroxylation is 1. The summed E-state index contributed by atoms with van der Waals surface area (Å²) in [7, 11) is 1.93. The number of nitrogens with one attached hydrogen (secondary N) is 1. The molecule has 0 radical (unpaired) electrons. The molecule has 10 heteroatoms. The number of ether oxygens (including phenoxy) is 1. The van der Waals surface area contributed by atoms with Crippen molar-refractivity contribution in [1.82, 2.24) is 24.9 Å². The summed E-state index contributed by atoms with van der Waals surface area (Å²) in [5.74, 6) is 0.127. The summed E-state index contributed by atoms with van der Waals surface area (Å²) in [5.41, 5.74) is 2.46. The first-order chi connectivity index (χ1) is 18.5. The van der Waals surface area contributed by atoms with E-state index in [1.54, 1.807) is 0 Å². The lowest BCUT2D eigenvalue weighted by atomic mass is 9.86. The first-order valence-electron chi connectivity index (χ1n) is 14.2. The number of aromatic nitrogens is 2. The molecule has 3 saturated heterocycles. The molecule has 1 N–H and O–H groups in total. The van der Waals surface area contributed by atoms with E-state index in [4.69, 9.17) is 9.84 Å². The Balaban J connectivity index is 1.20. The fourth-order valence-electron chi connectivity index (χ4n) is 6.27. The van der Waals surface area contributed by atoms with Crippen molar-refractivity contribution < 1.29 is 19.1 Å². The highest BCUT2D eigenvalue weighted by molar-refractivity contribution is 6.03.